The summed E-state index contributed by atoms with van der Waals surface area (Å²) < 4.78 is 38.2. The molecular formula is C13H10Cl2FNO2S. The number of nitrogen functional groups attached to an aromatic ring is 1. The van der Waals surface area contributed by atoms with Crippen molar-refractivity contribution < 1.29 is 12.8 Å². The fraction of sp³-hybridized carbons (Fsp3) is 0.0769. The topological polar surface area (TPSA) is 60.2 Å². The lowest BCUT2D eigenvalue weighted by molar-refractivity contribution is 0.587. The Labute approximate surface area is 126 Å². The van der Waals surface area contributed by atoms with Crippen molar-refractivity contribution in [3.63, 3.8) is 0 Å². The normalized spacial score (nSPS) is 11.6. The summed E-state index contributed by atoms with van der Waals surface area (Å²) in [5.41, 5.74) is 5.73. The van der Waals surface area contributed by atoms with Crippen LogP contribution in [0.2, 0.25) is 10.0 Å². The molecule has 2 aromatic rings. The van der Waals surface area contributed by atoms with Crippen LogP contribution in [0.25, 0.3) is 0 Å². The quantitative estimate of drug-likeness (QED) is 0.871. The first-order valence-corrected chi connectivity index (χ1v) is 7.92. The molecule has 0 heterocycles. The molecule has 0 aromatic heterocycles. The second-order valence-corrected chi connectivity index (χ2v) is 7.01. The standard InChI is InChI=1S/C13H10Cl2FNO2S/c14-9-2-1-8(11(16)5-9)7-20(18,19)13-6-10(15)3-4-12(13)17/h1-6H,7,17H2. The minimum absolute atomic E-state index is 0.0220. The molecule has 2 aromatic carbocycles. The third-order valence-corrected chi connectivity index (χ3v) is 4.86. The molecule has 0 atom stereocenters. The van der Waals surface area contributed by atoms with Crippen LogP contribution in [0.15, 0.2) is 41.3 Å². The molecule has 7 heteroatoms. The number of sulfone groups is 1. The van der Waals surface area contributed by atoms with E-state index >= 15 is 0 Å². The maximum atomic E-state index is 13.7. The van der Waals surface area contributed by atoms with Crippen molar-refractivity contribution in [3.8, 4) is 0 Å². The number of benzene rings is 2. The van der Waals surface area contributed by atoms with E-state index in [1.807, 2.05) is 0 Å². The van der Waals surface area contributed by atoms with Crippen molar-refractivity contribution in [1.82, 2.24) is 0 Å². The van der Waals surface area contributed by atoms with Gasteiger partial charge >= 0.3 is 0 Å². The number of rotatable bonds is 3. The highest BCUT2D eigenvalue weighted by atomic mass is 35.5. The van der Waals surface area contributed by atoms with Gasteiger partial charge in [-0.05, 0) is 30.3 Å². The Morgan fingerprint density at radius 1 is 1.05 bits per heavy atom. The average Bonchev–Trinajstić information content (AvgIpc) is 2.35. The van der Waals surface area contributed by atoms with Gasteiger partial charge in [0.05, 0.1) is 16.3 Å². The predicted octanol–water partition coefficient (Wildman–Crippen LogP) is 3.69. The van der Waals surface area contributed by atoms with Crippen LogP contribution < -0.4 is 5.73 Å². The van der Waals surface area contributed by atoms with Crippen LogP contribution in [-0.4, -0.2) is 8.42 Å². The summed E-state index contributed by atoms with van der Waals surface area (Å²) in [6.07, 6.45) is 0. The molecule has 2 N–H and O–H groups in total. The first-order valence-electron chi connectivity index (χ1n) is 5.51. The number of hydrogen-bond donors (Lipinski definition) is 1. The van der Waals surface area contributed by atoms with E-state index in [9.17, 15) is 12.8 Å². The van der Waals surface area contributed by atoms with E-state index in [2.05, 4.69) is 0 Å². The van der Waals surface area contributed by atoms with Crippen molar-refractivity contribution in [2.45, 2.75) is 10.6 Å². The maximum absolute atomic E-state index is 13.7. The van der Waals surface area contributed by atoms with Gasteiger partial charge in [0.25, 0.3) is 0 Å². The molecule has 0 unspecified atom stereocenters. The van der Waals surface area contributed by atoms with E-state index in [-0.39, 0.29) is 26.2 Å². The Balaban J connectivity index is 2.43. The molecule has 0 fully saturated rings. The Bertz CT molecular complexity index is 763. The maximum Gasteiger partial charge on any atom is 0.184 e. The van der Waals surface area contributed by atoms with E-state index in [0.29, 0.717) is 0 Å². The Morgan fingerprint density at radius 2 is 1.65 bits per heavy atom. The van der Waals surface area contributed by atoms with Gasteiger partial charge in [-0.2, -0.15) is 0 Å². The number of hydrogen-bond acceptors (Lipinski definition) is 3. The van der Waals surface area contributed by atoms with Crippen molar-refractivity contribution in [2.75, 3.05) is 5.73 Å². The van der Waals surface area contributed by atoms with Gasteiger partial charge in [-0.3, -0.25) is 0 Å². The summed E-state index contributed by atoms with van der Waals surface area (Å²) in [7, 11) is -3.79. The first-order chi connectivity index (χ1) is 9.29. The molecule has 0 amide bonds. The fourth-order valence-electron chi connectivity index (χ4n) is 1.70. The van der Waals surface area contributed by atoms with Gasteiger partial charge in [-0.25, -0.2) is 12.8 Å². The summed E-state index contributed by atoms with van der Waals surface area (Å²) in [4.78, 5) is -0.112. The molecule has 0 aliphatic rings. The first kappa shape index (κ1) is 15.1. The molecule has 3 nitrogen and oxygen atoms in total. The Morgan fingerprint density at radius 3 is 2.30 bits per heavy atom. The van der Waals surface area contributed by atoms with Gasteiger partial charge in [0.15, 0.2) is 9.84 Å². The Hall–Kier alpha value is -1.30. The molecule has 2 rings (SSSR count). The molecule has 106 valence electrons. The summed E-state index contributed by atoms with van der Waals surface area (Å²) in [5.74, 6) is -1.19. The summed E-state index contributed by atoms with van der Waals surface area (Å²) >= 11 is 11.4. The van der Waals surface area contributed by atoms with Crippen molar-refractivity contribution >= 4 is 38.7 Å². The van der Waals surface area contributed by atoms with E-state index in [1.165, 1.54) is 30.3 Å². The largest absolute Gasteiger partial charge is 0.398 e. The minimum Gasteiger partial charge on any atom is -0.398 e. The second kappa shape index (κ2) is 5.60. The van der Waals surface area contributed by atoms with E-state index < -0.39 is 21.4 Å². The van der Waals surface area contributed by atoms with Crippen LogP contribution in [0, 0.1) is 5.82 Å². The van der Waals surface area contributed by atoms with Gasteiger partial charge in [0, 0.05) is 15.6 Å². The molecule has 20 heavy (non-hydrogen) atoms. The van der Waals surface area contributed by atoms with E-state index in [1.54, 1.807) is 0 Å². The average molecular weight is 334 g/mol. The highest BCUT2D eigenvalue weighted by Crippen LogP contribution is 2.27. The van der Waals surface area contributed by atoms with Crippen LogP contribution in [0.3, 0.4) is 0 Å². The van der Waals surface area contributed by atoms with Crippen LogP contribution in [0.1, 0.15) is 5.56 Å². The number of anilines is 1. The van der Waals surface area contributed by atoms with Crippen LogP contribution in [0.5, 0.6) is 0 Å². The van der Waals surface area contributed by atoms with Gasteiger partial charge in [0.2, 0.25) is 0 Å². The Kier molecular flexibility index (Phi) is 4.22. The van der Waals surface area contributed by atoms with Gasteiger partial charge in [-0.1, -0.05) is 29.3 Å². The van der Waals surface area contributed by atoms with Crippen LogP contribution in [0.4, 0.5) is 10.1 Å². The summed E-state index contributed by atoms with van der Waals surface area (Å²) in [6, 6.07) is 7.95. The molecule has 0 bridgehead atoms. The van der Waals surface area contributed by atoms with E-state index in [0.717, 1.165) is 6.07 Å². The van der Waals surface area contributed by atoms with Crippen LogP contribution in [-0.2, 0) is 15.6 Å². The molecular weight excluding hydrogens is 324 g/mol. The smallest absolute Gasteiger partial charge is 0.184 e. The lowest BCUT2D eigenvalue weighted by Crippen LogP contribution is -2.09. The monoisotopic (exact) mass is 333 g/mol. The fourth-order valence-corrected chi connectivity index (χ4v) is 3.63. The zero-order chi connectivity index (χ0) is 14.9. The molecule has 0 spiro atoms. The summed E-state index contributed by atoms with van der Waals surface area (Å²) in [5, 5.41) is 0.445. The summed E-state index contributed by atoms with van der Waals surface area (Å²) in [6.45, 7) is 0. The minimum atomic E-state index is -3.79. The molecule has 0 aliphatic carbocycles. The highest BCUT2D eigenvalue weighted by Gasteiger charge is 2.20. The van der Waals surface area contributed by atoms with Crippen molar-refractivity contribution in [1.29, 1.82) is 0 Å². The van der Waals surface area contributed by atoms with Crippen molar-refractivity contribution in [2.24, 2.45) is 0 Å². The van der Waals surface area contributed by atoms with Gasteiger partial charge < -0.3 is 5.73 Å². The zero-order valence-corrected chi connectivity index (χ0v) is 12.4. The van der Waals surface area contributed by atoms with Crippen molar-refractivity contribution in [3.05, 3.63) is 57.8 Å². The molecule has 0 saturated heterocycles. The van der Waals surface area contributed by atoms with E-state index in [4.69, 9.17) is 28.9 Å². The van der Waals surface area contributed by atoms with Gasteiger partial charge in [0.1, 0.15) is 5.82 Å². The SMILES string of the molecule is Nc1ccc(Cl)cc1S(=O)(=O)Cc1ccc(Cl)cc1F. The second-order valence-electron chi connectivity index (χ2n) is 4.18. The molecule has 0 radical (unpaired) electrons. The molecule has 0 saturated carbocycles. The number of halogens is 3. The lowest BCUT2D eigenvalue weighted by Gasteiger charge is -2.09. The third kappa shape index (κ3) is 3.23. The zero-order valence-electron chi connectivity index (χ0n) is 10.1. The third-order valence-electron chi connectivity index (χ3n) is 2.67. The predicted molar refractivity (Wildman–Crippen MR) is 78.2 cm³/mol. The number of nitrogens with two attached hydrogens (primary N) is 1. The molecule has 0 aliphatic heterocycles. The van der Waals surface area contributed by atoms with Crippen LogP contribution >= 0.6 is 23.2 Å². The lowest BCUT2D eigenvalue weighted by atomic mass is 10.2. The highest BCUT2D eigenvalue weighted by molar-refractivity contribution is 7.90. The van der Waals surface area contributed by atoms with Gasteiger partial charge in [-0.15, -0.1) is 0 Å².